The van der Waals surface area contributed by atoms with E-state index in [0.29, 0.717) is 12.5 Å². The number of hydrogen-bond acceptors (Lipinski definition) is 1. The van der Waals surface area contributed by atoms with Crippen LogP contribution in [0.15, 0.2) is 36.4 Å². The molecular formula is C24H27F3N2. The van der Waals surface area contributed by atoms with Gasteiger partial charge in [0.2, 0.25) is 0 Å². The van der Waals surface area contributed by atoms with Gasteiger partial charge in [-0.1, -0.05) is 18.2 Å². The number of likely N-dealkylation sites (N-methyl/N-ethyl adjacent to an activating group) is 1. The molecular weight excluding hydrogens is 373 g/mol. The second-order valence-corrected chi connectivity index (χ2v) is 8.47. The third kappa shape index (κ3) is 3.68. The molecule has 29 heavy (non-hydrogen) atoms. The maximum atomic E-state index is 12.8. The topological polar surface area (TPSA) is 8.17 Å². The van der Waals surface area contributed by atoms with Crippen LogP contribution in [0.4, 0.5) is 13.2 Å². The molecule has 0 spiro atoms. The van der Waals surface area contributed by atoms with E-state index in [1.165, 1.54) is 45.4 Å². The normalized spacial score (nSPS) is 17.7. The van der Waals surface area contributed by atoms with Crippen LogP contribution in [0.1, 0.15) is 40.4 Å². The molecule has 0 saturated carbocycles. The zero-order valence-corrected chi connectivity index (χ0v) is 17.4. The number of aromatic nitrogens is 1. The first kappa shape index (κ1) is 20.0. The van der Waals surface area contributed by atoms with Crippen LogP contribution >= 0.6 is 0 Å². The van der Waals surface area contributed by atoms with Crippen LogP contribution in [0.2, 0.25) is 0 Å². The van der Waals surface area contributed by atoms with E-state index in [1.807, 2.05) is 0 Å². The van der Waals surface area contributed by atoms with E-state index in [4.69, 9.17) is 0 Å². The Balaban J connectivity index is 1.71. The number of benzene rings is 2. The molecule has 1 atom stereocenters. The summed E-state index contributed by atoms with van der Waals surface area (Å²) in [5.74, 6) is 0. The van der Waals surface area contributed by atoms with Crippen LogP contribution in [0.25, 0.3) is 10.9 Å². The first-order valence-electron chi connectivity index (χ1n) is 10.1. The Hall–Kier alpha value is -2.27. The molecule has 1 unspecified atom stereocenters. The number of nitrogens with zero attached hydrogens (tertiary/aromatic N) is 2. The fourth-order valence-electron chi connectivity index (χ4n) is 4.60. The molecule has 1 aliphatic heterocycles. The molecule has 0 radical (unpaired) electrons. The average molecular weight is 400 g/mol. The fraction of sp³-hybridized carbons (Fsp3) is 0.417. The van der Waals surface area contributed by atoms with Gasteiger partial charge in [0.05, 0.1) is 5.56 Å². The van der Waals surface area contributed by atoms with E-state index in [-0.39, 0.29) is 0 Å². The van der Waals surface area contributed by atoms with Crippen molar-refractivity contribution in [1.82, 2.24) is 9.47 Å². The van der Waals surface area contributed by atoms with Crippen LogP contribution < -0.4 is 0 Å². The molecule has 2 heterocycles. The fourth-order valence-corrected chi connectivity index (χ4v) is 4.60. The standard InChI is InChI=1S/C24H27F3N2/c1-15-11-16(2)23-20-14-28(4)17(3)13-21(20)29(22(23)12-15)10-9-18-5-7-19(8-6-18)24(25,26)27/h5-8,11-12,17H,9-10,13-14H2,1-4H3. The third-order valence-electron chi connectivity index (χ3n) is 6.28. The number of aryl methyl sites for hydroxylation is 4. The predicted octanol–water partition coefficient (Wildman–Crippen LogP) is 5.90. The third-order valence-corrected chi connectivity index (χ3v) is 6.28. The molecule has 2 aromatic carbocycles. The molecule has 0 aliphatic carbocycles. The molecule has 0 bridgehead atoms. The van der Waals surface area contributed by atoms with Gasteiger partial charge in [-0.3, -0.25) is 4.90 Å². The molecule has 0 saturated heterocycles. The van der Waals surface area contributed by atoms with Crippen LogP contribution in [-0.2, 0) is 32.1 Å². The minimum absolute atomic E-state index is 0.470. The monoisotopic (exact) mass is 400 g/mol. The maximum absolute atomic E-state index is 12.8. The average Bonchev–Trinajstić information content (AvgIpc) is 2.92. The van der Waals surface area contributed by atoms with Crippen molar-refractivity contribution in [2.24, 2.45) is 0 Å². The number of fused-ring (bicyclic) bond motifs is 3. The van der Waals surface area contributed by atoms with Crippen molar-refractivity contribution < 1.29 is 13.2 Å². The van der Waals surface area contributed by atoms with Gasteiger partial charge in [-0.05, 0) is 74.7 Å². The predicted molar refractivity (Wildman–Crippen MR) is 111 cm³/mol. The quantitative estimate of drug-likeness (QED) is 0.532. The highest BCUT2D eigenvalue weighted by Gasteiger charge is 2.30. The lowest BCUT2D eigenvalue weighted by molar-refractivity contribution is -0.137. The van der Waals surface area contributed by atoms with Gasteiger partial charge in [-0.25, -0.2) is 0 Å². The number of rotatable bonds is 3. The van der Waals surface area contributed by atoms with Gasteiger partial charge >= 0.3 is 6.18 Å². The van der Waals surface area contributed by atoms with Gasteiger partial charge in [0.1, 0.15) is 0 Å². The highest BCUT2D eigenvalue weighted by Crippen LogP contribution is 2.35. The van der Waals surface area contributed by atoms with Crippen molar-refractivity contribution in [3.63, 3.8) is 0 Å². The lowest BCUT2D eigenvalue weighted by Gasteiger charge is -2.31. The Bertz CT molecular complexity index is 1040. The maximum Gasteiger partial charge on any atom is 0.416 e. The van der Waals surface area contributed by atoms with Crippen molar-refractivity contribution >= 4 is 10.9 Å². The minimum atomic E-state index is -4.29. The van der Waals surface area contributed by atoms with Crippen LogP contribution in [0, 0.1) is 13.8 Å². The Labute approximate surface area is 169 Å². The summed E-state index contributed by atoms with van der Waals surface area (Å²) < 4.78 is 40.9. The van der Waals surface area contributed by atoms with Gasteiger partial charge < -0.3 is 4.57 Å². The highest BCUT2D eigenvalue weighted by atomic mass is 19.4. The van der Waals surface area contributed by atoms with E-state index < -0.39 is 11.7 Å². The summed E-state index contributed by atoms with van der Waals surface area (Å²) in [6.45, 7) is 8.25. The summed E-state index contributed by atoms with van der Waals surface area (Å²) >= 11 is 0. The van der Waals surface area contributed by atoms with Crippen molar-refractivity contribution in [3.05, 3.63) is 69.9 Å². The van der Waals surface area contributed by atoms with Crippen molar-refractivity contribution in [3.8, 4) is 0 Å². The Morgan fingerprint density at radius 3 is 2.41 bits per heavy atom. The van der Waals surface area contributed by atoms with Gasteiger partial charge in [0, 0.05) is 42.1 Å². The number of halogens is 3. The van der Waals surface area contributed by atoms with E-state index in [1.54, 1.807) is 12.1 Å². The van der Waals surface area contributed by atoms with E-state index in [9.17, 15) is 13.2 Å². The lowest BCUT2D eigenvalue weighted by atomic mass is 9.97. The molecule has 1 aromatic heterocycles. The first-order valence-corrected chi connectivity index (χ1v) is 10.1. The molecule has 0 fully saturated rings. The second kappa shape index (κ2) is 7.21. The summed E-state index contributed by atoms with van der Waals surface area (Å²) in [5, 5.41) is 1.34. The van der Waals surface area contributed by atoms with Crippen LogP contribution in [0.3, 0.4) is 0 Å². The van der Waals surface area contributed by atoms with E-state index in [2.05, 4.69) is 49.4 Å². The zero-order chi connectivity index (χ0) is 20.9. The molecule has 154 valence electrons. The minimum Gasteiger partial charge on any atom is -0.344 e. The van der Waals surface area contributed by atoms with Gasteiger partial charge in [-0.2, -0.15) is 13.2 Å². The van der Waals surface area contributed by atoms with Gasteiger partial charge in [-0.15, -0.1) is 0 Å². The molecule has 5 heteroatoms. The first-order chi connectivity index (χ1) is 13.6. The van der Waals surface area contributed by atoms with E-state index in [0.717, 1.165) is 25.1 Å². The highest BCUT2D eigenvalue weighted by molar-refractivity contribution is 5.89. The summed E-state index contributed by atoms with van der Waals surface area (Å²) in [6.07, 6.45) is -2.58. The summed E-state index contributed by atoms with van der Waals surface area (Å²) in [5.41, 5.74) is 6.92. The summed E-state index contributed by atoms with van der Waals surface area (Å²) in [7, 11) is 2.17. The Morgan fingerprint density at radius 1 is 1.07 bits per heavy atom. The SMILES string of the molecule is Cc1cc(C)c2c3c(n(CCc4ccc(C(F)(F)F)cc4)c2c1)CC(C)N(C)C3. The molecule has 0 amide bonds. The second-order valence-electron chi connectivity index (χ2n) is 8.47. The Morgan fingerprint density at radius 2 is 1.76 bits per heavy atom. The smallest absolute Gasteiger partial charge is 0.344 e. The molecule has 0 N–H and O–H groups in total. The molecule has 3 aromatic rings. The van der Waals surface area contributed by atoms with Crippen molar-refractivity contribution in [1.29, 1.82) is 0 Å². The van der Waals surface area contributed by atoms with E-state index >= 15 is 0 Å². The Kier molecular flexibility index (Phi) is 4.97. The molecule has 2 nitrogen and oxygen atoms in total. The van der Waals surface area contributed by atoms with Gasteiger partial charge in [0.25, 0.3) is 0 Å². The van der Waals surface area contributed by atoms with Crippen molar-refractivity contribution in [2.45, 2.75) is 58.9 Å². The molecule has 1 aliphatic rings. The summed E-state index contributed by atoms with van der Waals surface area (Å²) in [6, 6.07) is 10.5. The zero-order valence-electron chi connectivity index (χ0n) is 17.4. The van der Waals surface area contributed by atoms with Crippen molar-refractivity contribution in [2.75, 3.05) is 7.05 Å². The lowest BCUT2D eigenvalue weighted by Crippen LogP contribution is -2.35. The summed E-state index contributed by atoms with van der Waals surface area (Å²) in [4.78, 5) is 2.39. The van der Waals surface area contributed by atoms with Gasteiger partial charge in [0.15, 0.2) is 0 Å². The van der Waals surface area contributed by atoms with Crippen LogP contribution in [-0.4, -0.2) is 22.6 Å². The van der Waals surface area contributed by atoms with Crippen LogP contribution in [0.5, 0.6) is 0 Å². The largest absolute Gasteiger partial charge is 0.416 e. The number of alkyl halides is 3. The molecule has 4 rings (SSSR count). The number of hydrogen-bond donors (Lipinski definition) is 0.